The Hall–Kier alpha value is -1.46. The van der Waals surface area contributed by atoms with E-state index in [-0.39, 0.29) is 6.42 Å². The Kier molecular flexibility index (Phi) is 9.40. The average molecular weight is 295 g/mol. The fourth-order valence-electron chi connectivity index (χ4n) is 2.34. The molecule has 21 heavy (non-hydrogen) atoms. The Morgan fingerprint density at radius 3 is 2.14 bits per heavy atom. The van der Waals surface area contributed by atoms with Gasteiger partial charge < -0.3 is 5.73 Å². The van der Waals surface area contributed by atoms with Crippen molar-refractivity contribution < 1.29 is 4.79 Å². The monoisotopic (exact) mass is 295 g/mol. The van der Waals surface area contributed by atoms with E-state index in [2.05, 4.69) is 22.3 Å². The van der Waals surface area contributed by atoms with Crippen molar-refractivity contribution in [3.63, 3.8) is 0 Å². The number of rotatable bonds is 13. The number of hydrogen-bond acceptors (Lipinski definition) is 4. The number of carbonyl (C=O) groups is 1. The predicted octanol–water partition coefficient (Wildman–Crippen LogP) is 2.62. The number of amides is 1. The maximum atomic E-state index is 10.7. The lowest BCUT2D eigenvalue weighted by Crippen LogP contribution is -2.14. The highest BCUT2D eigenvalue weighted by atomic mass is 16.1. The summed E-state index contributed by atoms with van der Waals surface area (Å²) in [6.45, 7) is 3.02. The lowest BCUT2D eigenvalue weighted by Gasteiger charge is -2.02. The van der Waals surface area contributed by atoms with Crippen LogP contribution < -0.4 is 5.73 Å². The molecule has 0 aliphatic carbocycles. The number of nitrogens with two attached hydrogens (primary N) is 1. The number of primary amides is 1. The maximum absolute atomic E-state index is 10.7. The Balaban J connectivity index is 1.94. The third kappa shape index (κ3) is 9.15. The van der Waals surface area contributed by atoms with Crippen molar-refractivity contribution in [2.45, 2.75) is 84.1 Å². The molecule has 0 aliphatic heterocycles. The lowest BCUT2D eigenvalue weighted by atomic mass is 10.1. The summed E-state index contributed by atoms with van der Waals surface area (Å²) in [5, 5.41) is 11.8. The molecular formula is C15H29N5O. The minimum atomic E-state index is -0.423. The molecular weight excluding hydrogens is 266 g/mol. The second-order valence-corrected chi connectivity index (χ2v) is 5.63. The van der Waals surface area contributed by atoms with Gasteiger partial charge in [-0.15, -0.1) is 10.2 Å². The molecule has 0 atom stereocenters. The highest BCUT2D eigenvalue weighted by Gasteiger charge is 2.05. The molecule has 2 N–H and O–H groups in total. The molecule has 0 saturated carbocycles. The zero-order chi connectivity index (χ0) is 15.3. The Labute approximate surface area is 127 Å². The van der Waals surface area contributed by atoms with Crippen LogP contribution in [0.15, 0.2) is 0 Å². The molecule has 0 radical (unpaired) electrons. The van der Waals surface area contributed by atoms with Crippen molar-refractivity contribution in [2.24, 2.45) is 5.73 Å². The minimum Gasteiger partial charge on any atom is -0.369 e. The molecule has 0 unspecified atom stereocenters. The quantitative estimate of drug-likeness (QED) is 0.567. The molecule has 1 aromatic rings. The van der Waals surface area contributed by atoms with E-state index < -0.39 is 5.91 Å². The highest BCUT2D eigenvalue weighted by molar-refractivity contribution is 5.75. The first-order chi connectivity index (χ1) is 10.2. The standard InChI is InChI=1S/C15H29N5O/c1-2-3-4-5-6-7-8-9-10-11-12-20-18-15(17-19-20)13-14(16)21/h2-13H2,1H3,(H2,16,21). The number of carbonyl (C=O) groups excluding carboxylic acids is 1. The van der Waals surface area contributed by atoms with Crippen LogP contribution in [0.5, 0.6) is 0 Å². The number of aromatic nitrogens is 4. The number of nitrogens with zero attached hydrogens (tertiary/aromatic N) is 4. The van der Waals surface area contributed by atoms with Gasteiger partial charge in [0.2, 0.25) is 5.91 Å². The second-order valence-electron chi connectivity index (χ2n) is 5.63. The lowest BCUT2D eigenvalue weighted by molar-refractivity contribution is -0.117. The average Bonchev–Trinajstić information content (AvgIpc) is 2.87. The molecule has 6 heteroatoms. The van der Waals surface area contributed by atoms with E-state index in [1.165, 1.54) is 57.8 Å². The van der Waals surface area contributed by atoms with Gasteiger partial charge >= 0.3 is 0 Å². The third-order valence-corrected chi connectivity index (χ3v) is 3.54. The van der Waals surface area contributed by atoms with Crippen LogP contribution in [0.25, 0.3) is 0 Å². The van der Waals surface area contributed by atoms with Crippen molar-refractivity contribution in [3.8, 4) is 0 Å². The van der Waals surface area contributed by atoms with E-state index in [0.29, 0.717) is 5.82 Å². The number of unbranched alkanes of at least 4 members (excludes halogenated alkanes) is 9. The van der Waals surface area contributed by atoms with Crippen molar-refractivity contribution in [3.05, 3.63) is 5.82 Å². The van der Waals surface area contributed by atoms with Gasteiger partial charge in [0.05, 0.1) is 13.0 Å². The van der Waals surface area contributed by atoms with Gasteiger partial charge in [0, 0.05) is 0 Å². The van der Waals surface area contributed by atoms with Crippen LogP contribution in [0.2, 0.25) is 0 Å². The van der Waals surface area contributed by atoms with E-state index in [1.807, 2.05) is 0 Å². The fraction of sp³-hybridized carbons (Fsp3) is 0.867. The summed E-state index contributed by atoms with van der Waals surface area (Å²) in [6.07, 6.45) is 13.1. The highest BCUT2D eigenvalue weighted by Crippen LogP contribution is 2.10. The fourth-order valence-corrected chi connectivity index (χ4v) is 2.34. The number of hydrogen-bond donors (Lipinski definition) is 1. The van der Waals surface area contributed by atoms with Gasteiger partial charge in [0.1, 0.15) is 0 Å². The molecule has 0 bridgehead atoms. The second kappa shape index (κ2) is 11.2. The minimum absolute atomic E-state index is 0.0675. The Bertz CT molecular complexity index is 391. The van der Waals surface area contributed by atoms with E-state index in [0.717, 1.165) is 13.0 Å². The molecule has 1 heterocycles. The molecule has 1 rings (SSSR count). The largest absolute Gasteiger partial charge is 0.369 e. The maximum Gasteiger partial charge on any atom is 0.225 e. The van der Waals surface area contributed by atoms with E-state index in [4.69, 9.17) is 5.73 Å². The summed E-state index contributed by atoms with van der Waals surface area (Å²) < 4.78 is 0. The summed E-state index contributed by atoms with van der Waals surface area (Å²) in [6, 6.07) is 0. The molecule has 0 aliphatic rings. The van der Waals surface area contributed by atoms with E-state index in [1.54, 1.807) is 4.80 Å². The van der Waals surface area contributed by atoms with Crippen LogP contribution in [-0.2, 0) is 17.8 Å². The first-order valence-corrected chi connectivity index (χ1v) is 8.27. The van der Waals surface area contributed by atoms with Gasteiger partial charge in [-0.2, -0.15) is 4.80 Å². The van der Waals surface area contributed by atoms with Crippen LogP contribution in [0.1, 0.15) is 77.0 Å². The zero-order valence-electron chi connectivity index (χ0n) is 13.3. The summed E-state index contributed by atoms with van der Waals surface area (Å²) in [5.74, 6) is -0.0111. The predicted molar refractivity (Wildman–Crippen MR) is 82.6 cm³/mol. The Morgan fingerprint density at radius 1 is 1.00 bits per heavy atom. The van der Waals surface area contributed by atoms with Crippen LogP contribution >= 0.6 is 0 Å². The topological polar surface area (TPSA) is 86.7 Å². The van der Waals surface area contributed by atoms with Gasteiger partial charge in [-0.05, 0) is 11.6 Å². The number of aryl methyl sites for hydroxylation is 1. The van der Waals surface area contributed by atoms with Gasteiger partial charge in [0.25, 0.3) is 0 Å². The van der Waals surface area contributed by atoms with E-state index in [9.17, 15) is 4.79 Å². The van der Waals surface area contributed by atoms with Crippen molar-refractivity contribution in [1.29, 1.82) is 0 Å². The zero-order valence-corrected chi connectivity index (χ0v) is 13.3. The molecule has 0 saturated heterocycles. The first-order valence-electron chi connectivity index (χ1n) is 8.27. The van der Waals surface area contributed by atoms with Gasteiger partial charge in [-0.3, -0.25) is 4.79 Å². The third-order valence-electron chi connectivity index (χ3n) is 3.54. The molecule has 0 spiro atoms. The van der Waals surface area contributed by atoms with Crippen molar-refractivity contribution >= 4 is 5.91 Å². The summed E-state index contributed by atoms with van der Waals surface area (Å²) in [7, 11) is 0. The molecule has 1 amide bonds. The van der Waals surface area contributed by atoms with Crippen LogP contribution in [0.3, 0.4) is 0 Å². The molecule has 0 fully saturated rings. The summed E-state index contributed by atoms with van der Waals surface area (Å²) in [5.41, 5.74) is 5.08. The Morgan fingerprint density at radius 2 is 1.57 bits per heavy atom. The summed E-state index contributed by atoms with van der Waals surface area (Å²) in [4.78, 5) is 12.3. The van der Waals surface area contributed by atoms with Crippen LogP contribution in [-0.4, -0.2) is 26.1 Å². The van der Waals surface area contributed by atoms with Gasteiger partial charge in [0.15, 0.2) is 5.82 Å². The first kappa shape index (κ1) is 17.6. The van der Waals surface area contributed by atoms with Crippen molar-refractivity contribution in [2.75, 3.05) is 0 Å². The molecule has 0 aromatic carbocycles. The number of tetrazole rings is 1. The normalized spacial score (nSPS) is 10.9. The van der Waals surface area contributed by atoms with E-state index >= 15 is 0 Å². The van der Waals surface area contributed by atoms with Gasteiger partial charge in [-0.25, -0.2) is 0 Å². The summed E-state index contributed by atoms with van der Waals surface area (Å²) >= 11 is 0. The van der Waals surface area contributed by atoms with Crippen LogP contribution in [0, 0.1) is 0 Å². The molecule has 6 nitrogen and oxygen atoms in total. The van der Waals surface area contributed by atoms with Gasteiger partial charge in [-0.1, -0.05) is 64.7 Å². The SMILES string of the molecule is CCCCCCCCCCCCn1nnc(CC(N)=O)n1. The smallest absolute Gasteiger partial charge is 0.225 e. The molecule has 1 aromatic heterocycles. The van der Waals surface area contributed by atoms with Crippen molar-refractivity contribution in [1.82, 2.24) is 20.2 Å². The van der Waals surface area contributed by atoms with Crippen LogP contribution in [0.4, 0.5) is 0 Å². The molecule has 120 valence electrons.